The number of halogens is 1. The van der Waals surface area contributed by atoms with Gasteiger partial charge in [-0.2, -0.15) is 0 Å². The number of hydrogen-bond acceptors (Lipinski definition) is 5. The van der Waals surface area contributed by atoms with Gasteiger partial charge in [-0.05, 0) is 5.56 Å². The molecule has 0 aromatic heterocycles. The molecule has 1 aliphatic heterocycles. The molecule has 1 aliphatic rings. The summed E-state index contributed by atoms with van der Waals surface area (Å²) in [5.74, 6) is -0.544. The van der Waals surface area contributed by atoms with Crippen LogP contribution in [0.1, 0.15) is 22.3 Å². The Morgan fingerprint density at radius 1 is 1.15 bits per heavy atom. The first kappa shape index (κ1) is 20.4. The minimum Gasteiger partial charge on any atom is -0.386 e. The van der Waals surface area contributed by atoms with E-state index in [9.17, 15) is 15.0 Å². The molecule has 2 aromatic rings. The summed E-state index contributed by atoms with van der Waals surface area (Å²) in [6.45, 7) is 0. The number of alkyl halides is 1. The van der Waals surface area contributed by atoms with E-state index in [1.54, 1.807) is 30.3 Å². The molecule has 1 heterocycles. The van der Waals surface area contributed by atoms with Crippen molar-refractivity contribution in [2.75, 3.05) is 11.5 Å². The fraction of sp³-hybridized carbons (Fsp3) is 0.381. The van der Waals surface area contributed by atoms with Crippen LogP contribution in [0.25, 0.3) is 0 Å². The summed E-state index contributed by atoms with van der Waals surface area (Å²) in [7, 11) is 1.49. The van der Waals surface area contributed by atoms with Gasteiger partial charge >= 0.3 is 0 Å². The van der Waals surface area contributed by atoms with Crippen molar-refractivity contribution in [3.63, 3.8) is 0 Å². The van der Waals surface area contributed by atoms with Crippen molar-refractivity contribution in [1.29, 1.82) is 0 Å². The zero-order chi connectivity index (χ0) is 19.5. The Labute approximate surface area is 172 Å². The Morgan fingerprint density at radius 2 is 1.74 bits per heavy atom. The molecule has 0 amide bonds. The first-order chi connectivity index (χ1) is 12.9. The highest BCUT2D eigenvalue weighted by Gasteiger charge is 2.63. The van der Waals surface area contributed by atoms with Crippen LogP contribution in [0.2, 0.25) is 0 Å². The number of carbonyl (C=O) groups is 1. The van der Waals surface area contributed by atoms with E-state index in [-0.39, 0.29) is 12.8 Å². The number of aliphatic hydroxyl groups is 2. The molecule has 0 unspecified atom stereocenters. The van der Waals surface area contributed by atoms with E-state index < -0.39 is 29.4 Å². The number of methoxy groups -OCH3 is 1. The van der Waals surface area contributed by atoms with Gasteiger partial charge in [0.25, 0.3) is 0 Å². The monoisotopic (exact) mass is 482 g/mol. The van der Waals surface area contributed by atoms with Crippen LogP contribution in [-0.4, -0.2) is 51.1 Å². The topological polar surface area (TPSA) is 76.0 Å². The highest BCUT2D eigenvalue weighted by Crippen LogP contribution is 2.43. The largest absolute Gasteiger partial charge is 0.386 e. The Bertz CT molecular complexity index is 769. The first-order valence-electron chi connectivity index (χ1n) is 8.77. The normalized spacial score (nSPS) is 30.8. The lowest BCUT2D eigenvalue weighted by Gasteiger charge is -2.51. The van der Waals surface area contributed by atoms with Gasteiger partial charge in [-0.25, -0.2) is 0 Å². The van der Waals surface area contributed by atoms with Gasteiger partial charge < -0.3 is 19.7 Å². The Hall–Kier alpha value is -1.32. The summed E-state index contributed by atoms with van der Waals surface area (Å²) < 4.78 is 11.5. The molecule has 144 valence electrons. The Balaban J connectivity index is 2.08. The smallest absolute Gasteiger partial charge is 0.200 e. The number of carbonyl (C=O) groups excluding carboxylic acids is 1. The van der Waals surface area contributed by atoms with Crippen molar-refractivity contribution in [2.24, 2.45) is 0 Å². The number of hydrogen-bond donors (Lipinski definition) is 2. The van der Waals surface area contributed by atoms with Gasteiger partial charge in [-0.3, -0.25) is 4.79 Å². The minimum atomic E-state index is -2.10. The summed E-state index contributed by atoms with van der Waals surface area (Å²) in [6, 6.07) is 17.9. The standard InChI is InChI=1S/C21H23IO5/c1-26-18-13-20(24,12-15-8-4-2-5-9-15)21(25,17(14-22)27-18)19(23)16-10-6-3-7-11-16/h2-11,17-18,24-25H,12-14H2,1H3/t17-,18+,20-,21+/m1/s1. The summed E-state index contributed by atoms with van der Waals surface area (Å²) in [5, 5.41) is 23.3. The lowest BCUT2D eigenvalue weighted by molar-refractivity contribution is -0.291. The molecule has 0 aliphatic carbocycles. The molecule has 6 heteroatoms. The lowest BCUT2D eigenvalue weighted by Crippen LogP contribution is -2.72. The van der Waals surface area contributed by atoms with Crippen molar-refractivity contribution in [2.45, 2.75) is 36.4 Å². The van der Waals surface area contributed by atoms with E-state index in [0.29, 0.717) is 9.99 Å². The quantitative estimate of drug-likeness (QED) is 0.377. The number of rotatable bonds is 6. The SMILES string of the molecule is CO[C@@H]1C[C@](O)(Cc2ccccc2)[C@@](O)(C(=O)c2ccccc2)[C@@H](CI)O1. The van der Waals surface area contributed by atoms with Gasteiger partial charge in [0.05, 0.1) is 0 Å². The second-order valence-electron chi connectivity index (χ2n) is 6.80. The van der Waals surface area contributed by atoms with Crippen LogP contribution in [0.15, 0.2) is 60.7 Å². The molecule has 0 bridgehead atoms. The van der Waals surface area contributed by atoms with Crippen LogP contribution in [0.4, 0.5) is 0 Å². The van der Waals surface area contributed by atoms with Crippen molar-refractivity contribution in [3.8, 4) is 0 Å². The van der Waals surface area contributed by atoms with E-state index in [1.807, 2.05) is 30.3 Å². The zero-order valence-electron chi connectivity index (χ0n) is 15.0. The number of benzene rings is 2. The van der Waals surface area contributed by atoms with E-state index in [4.69, 9.17) is 9.47 Å². The molecular weight excluding hydrogens is 459 g/mol. The molecule has 4 atom stereocenters. The third-order valence-electron chi connectivity index (χ3n) is 5.12. The first-order valence-corrected chi connectivity index (χ1v) is 10.3. The highest BCUT2D eigenvalue weighted by molar-refractivity contribution is 14.1. The van der Waals surface area contributed by atoms with Gasteiger partial charge in [-0.15, -0.1) is 0 Å². The van der Waals surface area contributed by atoms with Crippen molar-refractivity contribution >= 4 is 28.4 Å². The highest BCUT2D eigenvalue weighted by atomic mass is 127. The van der Waals surface area contributed by atoms with E-state index in [0.717, 1.165) is 5.56 Å². The predicted molar refractivity (Wildman–Crippen MR) is 110 cm³/mol. The average Bonchev–Trinajstić information content (AvgIpc) is 2.70. The molecule has 0 spiro atoms. The number of ketones is 1. The average molecular weight is 482 g/mol. The Kier molecular flexibility index (Phi) is 6.32. The summed E-state index contributed by atoms with van der Waals surface area (Å²) in [6.07, 6.45) is -1.51. The second kappa shape index (κ2) is 8.36. The van der Waals surface area contributed by atoms with E-state index >= 15 is 0 Å². The van der Waals surface area contributed by atoms with Crippen LogP contribution >= 0.6 is 22.6 Å². The molecule has 0 radical (unpaired) electrons. The minimum absolute atomic E-state index is 0.0133. The van der Waals surface area contributed by atoms with Crippen molar-refractivity contribution in [1.82, 2.24) is 0 Å². The van der Waals surface area contributed by atoms with E-state index in [1.165, 1.54) is 7.11 Å². The third-order valence-corrected chi connectivity index (χ3v) is 5.92. The molecule has 2 N–H and O–H groups in total. The number of Topliss-reactive ketones (excluding diaryl/α,β-unsaturated/α-hetero) is 1. The maximum Gasteiger partial charge on any atom is 0.200 e. The lowest BCUT2D eigenvalue weighted by atomic mass is 9.68. The fourth-order valence-electron chi connectivity index (χ4n) is 3.66. The van der Waals surface area contributed by atoms with Crippen LogP contribution < -0.4 is 0 Å². The fourth-order valence-corrected chi connectivity index (χ4v) is 4.50. The van der Waals surface area contributed by atoms with Gasteiger partial charge in [0.1, 0.15) is 11.7 Å². The van der Waals surface area contributed by atoms with Crippen molar-refractivity contribution in [3.05, 3.63) is 71.8 Å². The summed E-state index contributed by atoms with van der Waals surface area (Å²) in [4.78, 5) is 13.4. The van der Waals surface area contributed by atoms with Crippen molar-refractivity contribution < 1.29 is 24.5 Å². The van der Waals surface area contributed by atoms with Crippen LogP contribution in [0.5, 0.6) is 0 Å². The van der Waals surface area contributed by atoms with Crippen LogP contribution in [0.3, 0.4) is 0 Å². The number of ether oxygens (including phenoxy) is 2. The molecule has 0 saturated carbocycles. The molecule has 5 nitrogen and oxygen atoms in total. The Morgan fingerprint density at radius 3 is 2.30 bits per heavy atom. The summed E-state index contributed by atoms with van der Waals surface area (Å²) >= 11 is 2.05. The van der Waals surface area contributed by atoms with Crippen LogP contribution in [-0.2, 0) is 15.9 Å². The van der Waals surface area contributed by atoms with Gasteiger partial charge in [0.2, 0.25) is 0 Å². The van der Waals surface area contributed by atoms with Gasteiger partial charge in [0, 0.05) is 29.9 Å². The van der Waals surface area contributed by atoms with Gasteiger partial charge in [-0.1, -0.05) is 83.3 Å². The maximum atomic E-state index is 13.4. The second-order valence-corrected chi connectivity index (χ2v) is 7.68. The molecule has 27 heavy (non-hydrogen) atoms. The van der Waals surface area contributed by atoms with E-state index in [2.05, 4.69) is 22.6 Å². The van der Waals surface area contributed by atoms with Crippen LogP contribution in [0, 0.1) is 0 Å². The molecule has 1 saturated heterocycles. The zero-order valence-corrected chi connectivity index (χ0v) is 17.2. The maximum absolute atomic E-state index is 13.4. The third kappa shape index (κ3) is 3.82. The molecular formula is C21H23IO5. The van der Waals surface area contributed by atoms with Gasteiger partial charge in [0.15, 0.2) is 17.7 Å². The predicted octanol–water partition coefficient (Wildman–Crippen LogP) is 2.77. The molecule has 2 aromatic carbocycles. The summed E-state index contributed by atoms with van der Waals surface area (Å²) in [5.41, 5.74) is -2.68. The molecule has 3 rings (SSSR count). The molecule has 1 fully saturated rings.